The average Bonchev–Trinajstić information content (AvgIpc) is 2.46. The Hall–Kier alpha value is -0.630. The number of ether oxygens (including phenoxy) is 1. The van der Waals surface area contributed by atoms with Gasteiger partial charge in [0.1, 0.15) is 5.75 Å². The van der Waals surface area contributed by atoms with E-state index in [4.69, 9.17) is 4.74 Å². The highest BCUT2D eigenvalue weighted by Gasteiger charge is 1.96. The van der Waals surface area contributed by atoms with Crippen LogP contribution in [0.25, 0.3) is 0 Å². The second kappa shape index (κ2) is 13.4. The van der Waals surface area contributed by atoms with Crippen LogP contribution in [0.2, 0.25) is 0 Å². The number of guanidine groups is 1. The Bertz CT molecular complexity index is 363. The molecule has 2 N–H and O–H groups in total. The summed E-state index contributed by atoms with van der Waals surface area (Å²) in [4.78, 5) is 4.16. The van der Waals surface area contributed by atoms with E-state index in [2.05, 4.69) is 21.9 Å². The Kier molecular flexibility index (Phi) is 12.9. The van der Waals surface area contributed by atoms with Gasteiger partial charge in [0, 0.05) is 25.9 Å². The number of nitrogens with zero attached hydrogens (tertiary/aromatic N) is 1. The van der Waals surface area contributed by atoms with E-state index in [0.717, 1.165) is 37.0 Å². The van der Waals surface area contributed by atoms with E-state index in [-0.39, 0.29) is 24.0 Å². The van der Waals surface area contributed by atoms with Gasteiger partial charge in [0.25, 0.3) is 0 Å². The van der Waals surface area contributed by atoms with Crippen LogP contribution in [0.1, 0.15) is 6.42 Å². The van der Waals surface area contributed by atoms with Gasteiger partial charge in [-0.1, -0.05) is 18.2 Å². The maximum atomic E-state index is 5.62. The van der Waals surface area contributed by atoms with Gasteiger partial charge < -0.3 is 15.4 Å². The molecule has 0 atom stereocenters. The third-order valence-corrected chi connectivity index (χ3v) is 3.06. The zero-order valence-electron chi connectivity index (χ0n) is 12.1. The lowest BCUT2D eigenvalue weighted by Crippen LogP contribution is -2.39. The van der Waals surface area contributed by atoms with Gasteiger partial charge in [-0.3, -0.25) is 4.99 Å². The van der Waals surface area contributed by atoms with Gasteiger partial charge in [-0.05, 0) is 24.8 Å². The van der Waals surface area contributed by atoms with Crippen molar-refractivity contribution in [2.75, 3.05) is 38.8 Å². The molecule has 0 aromatic heterocycles. The molecule has 4 nitrogen and oxygen atoms in total. The fraction of sp³-hybridized carbons (Fsp3) is 0.500. The molecule has 1 rings (SSSR count). The minimum Gasteiger partial charge on any atom is -0.494 e. The first-order valence-electron chi connectivity index (χ1n) is 6.48. The molecule has 0 aliphatic rings. The molecule has 0 amide bonds. The van der Waals surface area contributed by atoms with Crippen molar-refractivity contribution in [1.29, 1.82) is 0 Å². The monoisotopic (exact) mass is 409 g/mol. The van der Waals surface area contributed by atoms with Crippen LogP contribution in [-0.2, 0) is 0 Å². The summed E-state index contributed by atoms with van der Waals surface area (Å²) in [6.45, 7) is 2.49. The molecule has 0 spiro atoms. The van der Waals surface area contributed by atoms with Crippen LogP contribution in [0.15, 0.2) is 35.3 Å². The Labute approximate surface area is 143 Å². The summed E-state index contributed by atoms with van der Waals surface area (Å²) >= 11 is 1.82. The molecule has 1 aromatic carbocycles. The predicted molar refractivity (Wildman–Crippen MR) is 99.7 cm³/mol. The van der Waals surface area contributed by atoms with E-state index in [1.165, 1.54) is 0 Å². The number of aliphatic imine (C=N–C) groups is 1. The molecular weight excluding hydrogens is 385 g/mol. The van der Waals surface area contributed by atoms with E-state index in [0.29, 0.717) is 6.61 Å². The lowest BCUT2D eigenvalue weighted by Gasteiger charge is -2.11. The minimum atomic E-state index is 0. The highest BCUT2D eigenvalue weighted by molar-refractivity contribution is 14.0. The number of hydrogen-bond donors (Lipinski definition) is 2. The molecule has 0 unspecified atom stereocenters. The number of nitrogens with one attached hydrogen (secondary N) is 2. The lowest BCUT2D eigenvalue weighted by atomic mass is 10.3. The van der Waals surface area contributed by atoms with Crippen LogP contribution in [0.3, 0.4) is 0 Å². The molecule has 6 heteroatoms. The fourth-order valence-corrected chi connectivity index (χ4v) is 1.78. The Morgan fingerprint density at radius 1 is 1.20 bits per heavy atom. The van der Waals surface area contributed by atoms with Crippen molar-refractivity contribution in [2.24, 2.45) is 4.99 Å². The third kappa shape index (κ3) is 9.30. The quantitative estimate of drug-likeness (QED) is 0.300. The van der Waals surface area contributed by atoms with E-state index >= 15 is 0 Å². The molecular formula is C14H24IN3OS. The molecule has 114 valence electrons. The predicted octanol–water partition coefficient (Wildman–Crippen LogP) is 2.60. The van der Waals surface area contributed by atoms with Crippen molar-refractivity contribution < 1.29 is 4.74 Å². The number of thioether (sulfide) groups is 1. The molecule has 0 aliphatic carbocycles. The molecule has 0 radical (unpaired) electrons. The smallest absolute Gasteiger partial charge is 0.191 e. The molecule has 0 heterocycles. The molecule has 0 saturated heterocycles. The van der Waals surface area contributed by atoms with Gasteiger partial charge >= 0.3 is 0 Å². The number of hydrogen-bond acceptors (Lipinski definition) is 3. The molecule has 0 fully saturated rings. The first kappa shape index (κ1) is 19.4. The number of halogens is 1. The van der Waals surface area contributed by atoms with Crippen molar-refractivity contribution in [2.45, 2.75) is 6.42 Å². The van der Waals surface area contributed by atoms with Crippen LogP contribution in [-0.4, -0.2) is 44.7 Å². The van der Waals surface area contributed by atoms with Crippen LogP contribution >= 0.6 is 35.7 Å². The molecule has 0 aliphatic heterocycles. The standard InChI is InChI=1S/C14H23N3OS.HI/c1-15-14(17-10-12-19-2)16-9-6-11-18-13-7-4-3-5-8-13;/h3-5,7-8H,6,9-12H2,1-2H3,(H2,15,16,17);1H. The highest BCUT2D eigenvalue weighted by Crippen LogP contribution is 2.07. The van der Waals surface area contributed by atoms with Crippen molar-refractivity contribution in [3.8, 4) is 5.75 Å². The second-order valence-corrected chi connectivity index (χ2v) is 4.92. The maximum Gasteiger partial charge on any atom is 0.191 e. The summed E-state index contributed by atoms with van der Waals surface area (Å²) in [5.41, 5.74) is 0. The zero-order valence-corrected chi connectivity index (χ0v) is 15.2. The number of rotatable bonds is 8. The van der Waals surface area contributed by atoms with Gasteiger partial charge in [-0.2, -0.15) is 11.8 Å². The zero-order chi connectivity index (χ0) is 13.8. The van der Waals surface area contributed by atoms with Gasteiger partial charge in [-0.25, -0.2) is 0 Å². The molecule has 0 bridgehead atoms. The van der Waals surface area contributed by atoms with Gasteiger partial charge in [-0.15, -0.1) is 24.0 Å². The molecule has 0 saturated carbocycles. The van der Waals surface area contributed by atoms with Crippen LogP contribution < -0.4 is 15.4 Å². The van der Waals surface area contributed by atoms with Crippen molar-refractivity contribution >= 4 is 41.7 Å². The SMILES string of the molecule is CN=C(NCCCOc1ccccc1)NCCSC.I. The summed E-state index contributed by atoms with van der Waals surface area (Å²) in [6.07, 6.45) is 3.04. The van der Waals surface area contributed by atoms with E-state index in [1.807, 2.05) is 42.1 Å². The van der Waals surface area contributed by atoms with E-state index < -0.39 is 0 Å². The summed E-state index contributed by atoms with van der Waals surface area (Å²) < 4.78 is 5.62. The Morgan fingerprint density at radius 3 is 2.55 bits per heavy atom. The first-order valence-corrected chi connectivity index (χ1v) is 7.87. The minimum absolute atomic E-state index is 0. The lowest BCUT2D eigenvalue weighted by molar-refractivity contribution is 0.311. The summed E-state index contributed by atoms with van der Waals surface area (Å²) in [7, 11) is 1.79. The van der Waals surface area contributed by atoms with Gasteiger partial charge in [0.05, 0.1) is 6.61 Å². The van der Waals surface area contributed by atoms with Crippen LogP contribution in [0, 0.1) is 0 Å². The topological polar surface area (TPSA) is 45.7 Å². The van der Waals surface area contributed by atoms with Crippen molar-refractivity contribution in [3.63, 3.8) is 0 Å². The van der Waals surface area contributed by atoms with Gasteiger partial charge in [0.2, 0.25) is 0 Å². The van der Waals surface area contributed by atoms with Crippen LogP contribution in [0.5, 0.6) is 5.75 Å². The molecule has 20 heavy (non-hydrogen) atoms. The first-order chi connectivity index (χ1) is 9.36. The normalized spacial score (nSPS) is 10.6. The summed E-state index contributed by atoms with van der Waals surface area (Å²) in [5, 5.41) is 6.52. The second-order valence-electron chi connectivity index (χ2n) is 3.93. The van der Waals surface area contributed by atoms with Crippen molar-refractivity contribution in [1.82, 2.24) is 10.6 Å². The van der Waals surface area contributed by atoms with Crippen molar-refractivity contribution in [3.05, 3.63) is 30.3 Å². The summed E-state index contributed by atoms with van der Waals surface area (Å²) in [6, 6.07) is 9.88. The Balaban J connectivity index is 0.00000361. The third-order valence-electron chi connectivity index (χ3n) is 2.45. The average molecular weight is 409 g/mol. The van der Waals surface area contributed by atoms with E-state index in [9.17, 15) is 0 Å². The Morgan fingerprint density at radius 2 is 1.90 bits per heavy atom. The highest BCUT2D eigenvalue weighted by atomic mass is 127. The largest absolute Gasteiger partial charge is 0.494 e. The molecule has 1 aromatic rings. The summed E-state index contributed by atoms with van der Waals surface area (Å²) in [5.74, 6) is 2.86. The number of benzene rings is 1. The fourth-order valence-electron chi connectivity index (χ4n) is 1.48. The van der Waals surface area contributed by atoms with Gasteiger partial charge in [0.15, 0.2) is 5.96 Å². The number of para-hydroxylation sites is 1. The maximum absolute atomic E-state index is 5.62. The van der Waals surface area contributed by atoms with Crippen LogP contribution in [0.4, 0.5) is 0 Å². The van der Waals surface area contributed by atoms with E-state index in [1.54, 1.807) is 7.05 Å².